The fraction of sp³-hybridized carbons (Fsp3) is 0.412. The number of nitrogens with one attached hydrogen (secondary N) is 1. The van der Waals surface area contributed by atoms with Crippen LogP contribution < -0.4 is 5.32 Å². The van der Waals surface area contributed by atoms with Gasteiger partial charge in [-0.3, -0.25) is 4.79 Å². The fourth-order valence-electron chi connectivity index (χ4n) is 1.89. The van der Waals surface area contributed by atoms with Crippen LogP contribution in [0.25, 0.3) is 0 Å². The fourth-order valence-corrected chi connectivity index (χ4v) is 2.42. The van der Waals surface area contributed by atoms with E-state index in [1.165, 1.54) is 0 Å². The first-order chi connectivity index (χ1) is 10.9. The molecule has 0 radical (unpaired) electrons. The number of anilines is 1. The summed E-state index contributed by atoms with van der Waals surface area (Å²) in [5.41, 5.74) is 0.583. The smallest absolute Gasteiger partial charge is 0.333 e. The third kappa shape index (κ3) is 8.05. The van der Waals surface area contributed by atoms with Crippen LogP contribution in [0.15, 0.2) is 30.4 Å². The number of amides is 1. The molecule has 0 spiro atoms. The van der Waals surface area contributed by atoms with E-state index in [0.29, 0.717) is 22.3 Å². The van der Waals surface area contributed by atoms with Crippen molar-refractivity contribution in [2.75, 3.05) is 11.9 Å². The standard InChI is InChI=1S/C17H21Cl2NO3/c1-3-4-5-6-7-23-17(22)12(2)8-16(21)20-15-10-13(18)9-14(19)11-15/h9-11H,2-8H2,1H3,(H,20,21). The monoisotopic (exact) mass is 357 g/mol. The van der Waals surface area contributed by atoms with Gasteiger partial charge in [0.2, 0.25) is 5.91 Å². The topological polar surface area (TPSA) is 55.4 Å². The second-order valence-electron chi connectivity index (χ2n) is 5.18. The SMILES string of the molecule is C=C(CC(=O)Nc1cc(Cl)cc(Cl)c1)C(=O)OCCCCCC. The number of halogens is 2. The van der Waals surface area contributed by atoms with E-state index >= 15 is 0 Å². The van der Waals surface area contributed by atoms with Crippen molar-refractivity contribution < 1.29 is 14.3 Å². The van der Waals surface area contributed by atoms with E-state index in [2.05, 4.69) is 18.8 Å². The lowest BCUT2D eigenvalue weighted by Crippen LogP contribution is -2.17. The van der Waals surface area contributed by atoms with E-state index < -0.39 is 5.97 Å². The first-order valence-corrected chi connectivity index (χ1v) is 8.28. The number of esters is 1. The Kier molecular flexibility index (Phi) is 8.74. The summed E-state index contributed by atoms with van der Waals surface area (Å²) in [6.07, 6.45) is 3.93. The third-order valence-corrected chi connectivity index (χ3v) is 3.48. The molecule has 1 aromatic rings. The maximum absolute atomic E-state index is 11.9. The third-order valence-electron chi connectivity index (χ3n) is 3.04. The lowest BCUT2D eigenvalue weighted by atomic mass is 10.2. The molecule has 0 heterocycles. The molecule has 1 amide bonds. The normalized spacial score (nSPS) is 10.2. The van der Waals surface area contributed by atoms with Gasteiger partial charge in [-0.2, -0.15) is 0 Å². The minimum absolute atomic E-state index is 0.117. The highest BCUT2D eigenvalue weighted by atomic mass is 35.5. The number of rotatable bonds is 9. The first-order valence-electron chi connectivity index (χ1n) is 7.53. The summed E-state index contributed by atoms with van der Waals surface area (Å²) < 4.78 is 5.08. The molecule has 0 unspecified atom stereocenters. The highest BCUT2D eigenvalue weighted by Gasteiger charge is 2.13. The van der Waals surface area contributed by atoms with Crippen molar-refractivity contribution in [1.82, 2.24) is 0 Å². The predicted octanol–water partition coefficient (Wildman–Crippen LogP) is 5.00. The summed E-state index contributed by atoms with van der Waals surface area (Å²) in [5, 5.41) is 3.45. The summed E-state index contributed by atoms with van der Waals surface area (Å²) in [6.45, 7) is 6.06. The van der Waals surface area contributed by atoms with Crippen LogP contribution in [0.5, 0.6) is 0 Å². The van der Waals surface area contributed by atoms with E-state index in [1.54, 1.807) is 18.2 Å². The molecule has 126 valence electrons. The van der Waals surface area contributed by atoms with Crippen LogP contribution in [0.2, 0.25) is 10.0 Å². The molecule has 23 heavy (non-hydrogen) atoms. The molecule has 0 bridgehead atoms. The summed E-state index contributed by atoms with van der Waals surface area (Å²) in [6, 6.07) is 4.70. The molecule has 0 fully saturated rings. The average molecular weight is 358 g/mol. The van der Waals surface area contributed by atoms with E-state index in [1.807, 2.05) is 0 Å². The van der Waals surface area contributed by atoms with Gasteiger partial charge in [-0.15, -0.1) is 0 Å². The van der Waals surface area contributed by atoms with Crippen molar-refractivity contribution in [2.24, 2.45) is 0 Å². The van der Waals surface area contributed by atoms with Gasteiger partial charge in [0.15, 0.2) is 0 Å². The molecule has 4 nitrogen and oxygen atoms in total. The van der Waals surface area contributed by atoms with Gasteiger partial charge < -0.3 is 10.1 Å². The highest BCUT2D eigenvalue weighted by molar-refractivity contribution is 6.35. The van der Waals surface area contributed by atoms with Crippen molar-refractivity contribution in [1.29, 1.82) is 0 Å². The molecule has 0 atom stereocenters. The minimum Gasteiger partial charge on any atom is -0.462 e. The minimum atomic E-state index is -0.541. The quantitative estimate of drug-likeness (QED) is 0.384. The van der Waals surface area contributed by atoms with Crippen LogP contribution >= 0.6 is 23.2 Å². The van der Waals surface area contributed by atoms with Gasteiger partial charge in [0.25, 0.3) is 0 Å². The molecule has 0 saturated heterocycles. The lowest BCUT2D eigenvalue weighted by Gasteiger charge is -2.09. The van der Waals surface area contributed by atoms with Crippen LogP contribution in [0.4, 0.5) is 5.69 Å². The molecule has 0 saturated carbocycles. The summed E-state index contributed by atoms with van der Waals surface area (Å²) >= 11 is 11.7. The van der Waals surface area contributed by atoms with Gasteiger partial charge in [0, 0.05) is 21.3 Å². The van der Waals surface area contributed by atoms with E-state index in [0.717, 1.165) is 25.7 Å². The molecule has 0 aliphatic heterocycles. The summed E-state index contributed by atoms with van der Waals surface area (Å²) in [7, 11) is 0. The van der Waals surface area contributed by atoms with Crippen LogP contribution in [0.1, 0.15) is 39.0 Å². The van der Waals surface area contributed by atoms with Crippen molar-refractivity contribution in [3.8, 4) is 0 Å². The first kappa shape index (κ1) is 19.5. The largest absolute Gasteiger partial charge is 0.462 e. The summed E-state index contributed by atoms with van der Waals surface area (Å²) in [4.78, 5) is 23.6. The number of unbranched alkanes of at least 4 members (excludes halogenated alkanes) is 3. The zero-order chi connectivity index (χ0) is 17.2. The van der Waals surface area contributed by atoms with E-state index in [4.69, 9.17) is 27.9 Å². The van der Waals surface area contributed by atoms with E-state index in [-0.39, 0.29) is 17.9 Å². The van der Waals surface area contributed by atoms with Crippen molar-refractivity contribution in [2.45, 2.75) is 39.0 Å². The second kappa shape index (κ2) is 10.3. The number of carbonyl (C=O) groups is 2. The van der Waals surface area contributed by atoms with Crippen molar-refractivity contribution >= 4 is 40.8 Å². The Labute approximate surface area is 146 Å². The van der Waals surface area contributed by atoms with Gasteiger partial charge in [-0.05, 0) is 24.6 Å². The Morgan fingerprint density at radius 3 is 2.39 bits per heavy atom. The van der Waals surface area contributed by atoms with Crippen LogP contribution in [0.3, 0.4) is 0 Å². The molecular weight excluding hydrogens is 337 g/mol. The van der Waals surface area contributed by atoms with Crippen LogP contribution in [0, 0.1) is 0 Å². The molecule has 1 rings (SSSR count). The zero-order valence-electron chi connectivity index (χ0n) is 13.2. The van der Waals surface area contributed by atoms with Crippen LogP contribution in [-0.4, -0.2) is 18.5 Å². The Balaban J connectivity index is 2.38. The Morgan fingerprint density at radius 2 is 1.78 bits per heavy atom. The molecule has 1 aromatic carbocycles. The molecule has 1 N–H and O–H groups in total. The molecule has 0 aliphatic rings. The number of hydrogen-bond acceptors (Lipinski definition) is 3. The van der Waals surface area contributed by atoms with Crippen molar-refractivity contribution in [3.05, 3.63) is 40.4 Å². The average Bonchev–Trinajstić information content (AvgIpc) is 2.45. The second-order valence-corrected chi connectivity index (χ2v) is 6.06. The molecule has 6 heteroatoms. The summed E-state index contributed by atoms with van der Waals surface area (Å²) in [5.74, 6) is -0.919. The van der Waals surface area contributed by atoms with Gasteiger partial charge >= 0.3 is 5.97 Å². The Bertz CT molecular complexity index is 553. The maximum Gasteiger partial charge on any atom is 0.333 e. The zero-order valence-corrected chi connectivity index (χ0v) is 14.7. The predicted molar refractivity (Wildman–Crippen MR) is 93.9 cm³/mol. The molecule has 0 aromatic heterocycles. The van der Waals surface area contributed by atoms with Gasteiger partial charge in [0.1, 0.15) is 0 Å². The number of hydrogen-bond donors (Lipinski definition) is 1. The highest BCUT2D eigenvalue weighted by Crippen LogP contribution is 2.22. The number of carbonyl (C=O) groups excluding carboxylic acids is 2. The van der Waals surface area contributed by atoms with Gasteiger partial charge in [-0.25, -0.2) is 4.79 Å². The van der Waals surface area contributed by atoms with Crippen molar-refractivity contribution in [3.63, 3.8) is 0 Å². The van der Waals surface area contributed by atoms with Crippen LogP contribution in [-0.2, 0) is 14.3 Å². The Morgan fingerprint density at radius 1 is 1.13 bits per heavy atom. The lowest BCUT2D eigenvalue weighted by molar-refractivity contribution is -0.139. The molecular formula is C17H21Cl2NO3. The Hall–Kier alpha value is -1.52. The number of benzene rings is 1. The van der Waals surface area contributed by atoms with E-state index in [9.17, 15) is 9.59 Å². The van der Waals surface area contributed by atoms with Gasteiger partial charge in [0.05, 0.1) is 13.0 Å². The van der Waals surface area contributed by atoms with Gasteiger partial charge in [-0.1, -0.05) is 56.0 Å². The maximum atomic E-state index is 11.9. The molecule has 0 aliphatic carbocycles. The number of ether oxygens (including phenoxy) is 1.